The molecule has 1 fully saturated rings. The molecule has 1 saturated carbocycles. The van der Waals surface area contributed by atoms with Gasteiger partial charge in [0.15, 0.2) is 0 Å². The van der Waals surface area contributed by atoms with Crippen molar-refractivity contribution in [2.45, 2.75) is 52.1 Å². The summed E-state index contributed by atoms with van der Waals surface area (Å²) in [7, 11) is 0. The van der Waals surface area contributed by atoms with Gasteiger partial charge < -0.3 is 5.11 Å². The molecule has 1 aliphatic rings. The molecule has 0 spiro atoms. The average Bonchev–Trinajstić information content (AvgIpc) is 2.27. The molecule has 94 valence electrons. The first-order valence-electron chi connectivity index (χ1n) is 6.78. The fraction of sp³-hybridized carbons (Fsp3) is 0.625. The molecule has 1 aromatic rings. The van der Waals surface area contributed by atoms with E-state index >= 15 is 0 Å². The number of hydrogen-bond acceptors (Lipinski definition) is 1. The van der Waals surface area contributed by atoms with Crippen LogP contribution >= 0.6 is 0 Å². The smallest absolute Gasteiger partial charge is 0.0715 e. The Hall–Kier alpha value is -0.820. The van der Waals surface area contributed by atoms with E-state index in [1.807, 2.05) is 0 Å². The van der Waals surface area contributed by atoms with Gasteiger partial charge in [-0.3, -0.25) is 0 Å². The minimum Gasteiger partial charge on any atom is -0.389 e. The van der Waals surface area contributed by atoms with Gasteiger partial charge in [0, 0.05) is 6.42 Å². The highest BCUT2D eigenvalue weighted by Gasteiger charge is 2.38. The maximum absolute atomic E-state index is 10.9. The van der Waals surface area contributed by atoms with Crippen molar-refractivity contribution in [2.24, 2.45) is 11.8 Å². The molecule has 3 atom stereocenters. The zero-order chi connectivity index (χ0) is 12.5. The molecule has 1 heteroatoms. The van der Waals surface area contributed by atoms with Gasteiger partial charge in [-0.15, -0.1) is 0 Å². The van der Waals surface area contributed by atoms with Crippen LogP contribution in [0.2, 0.25) is 0 Å². The van der Waals surface area contributed by atoms with Crippen molar-refractivity contribution in [3.63, 3.8) is 0 Å². The van der Waals surface area contributed by atoms with Gasteiger partial charge in [0.05, 0.1) is 5.60 Å². The molecule has 0 amide bonds. The number of aliphatic hydroxyl groups is 1. The number of aryl methyl sites for hydroxylation is 1. The lowest BCUT2D eigenvalue weighted by atomic mass is 9.69. The maximum Gasteiger partial charge on any atom is 0.0715 e. The van der Waals surface area contributed by atoms with Crippen molar-refractivity contribution in [1.29, 1.82) is 0 Å². The summed E-state index contributed by atoms with van der Waals surface area (Å²) in [5.74, 6) is 1.07. The van der Waals surface area contributed by atoms with E-state index in [4.69, 9.17) is 0 Å². The lowest BCUT2D eigenvalue weighted by Crippen LogP contribution is -2.43. The van der Waals surface area contributed by atoms with Crippen LogP contribution in [0.3, 0.4) is 0 Å². The molecular weight excluding hydrogens is 208 g/mol. The van der Waals surface area contributed by atoms with Crippen molar-refractivity contribution < 1.29 is 5.11 Å². The highest BCUT2D eigenvalue weighted by atomic mass is 16.3. The lowest BCUT2D eigenvalue weighted by Gasteiger charge is -2.41. The second-order valence-electron chi connectivity index (χ2n) is 5.99. The quantitative estimate of drug-likeness (QED) is 0.824. The average molecular weight is 232 g/mol. The number of hydrogen-bond donors (Lipinski definition) is 1. The third kappa shape index (κ3) is 2.71. The van der Waals surface area contributed by atoms with Crippen molar-refractivity contribution in [1.82, 2.24) is 0 Å². The number of benzene rings is 1. The van der Waals surface area contributed by atoms with Crippen LogP contribution in [0.1, 0.15) is 44.2 Å². The zero-order valence-corrected chi connectivity index (χ0v) is 11.2. The zero-order valence-electron chi connectivity index (χ0n) is 11.2. The molecular formula is C16H24O. The summed E-state index contributed by atoms with van der Waals surface area (Å²) in [6, 6.07) is 8.42. The second kappa shape index (κ2) is 4.81. The summed E-state index contributed by atoms with van der Waals surface area (Å²) >= 11 is 0. The molecule has 3 unspecified atom stereocenters. The number of rotatable bonds is 2. The van der Waals surface area contributed by atoms with Gasteiger partial charge in [0.25, 0.3) is 0 Å². The van der Waals surface area contributed by atoms with Crippen molar-refractivity contribution >= 4 is 0 Å². The Labute approximate surface area is 105 Å². The summed E-state index contributed by atoms with van der Waals surface area (Å²) in [6.07, 6.45) is 4.18. The first-order valence-corrected chi connectivity index (χ1v) is 6.78. The van der Waals surface area contributed by atoms with E-state index in [0.29, 0.717) is 11.8 Å². The summed E-state index contributed by atoms with van der Waals surface area (Å²) in [5.41, 5.74) is 2.10. The summed E-state index contributed by atoms with van der Waals surface area (Å²) in [5, 5.41) is 10.9. The normalized spacial score (nSPS) is 33.6. The van der Waals surface area contributed by atoms with Crippen LogP contribution in [0, 0.1) is 18.8 Å². The topological polar surface area (TPSA) is 20.2 Å². The SMILES string of the molecule is Cc1ccccc1CC1(O)CC(C)CCC1C. The van der Waals surface area contributed by atoms with Crippen LogP contribution < -0.4 is 0 Å². The van der Waals surface area contributed by atoms with E-state index in [1.54, 1.807) is 0 Å². The van der Waals surface area contributed by atoms with Crippen LogP contribution in [0.5, 0.6) is 0 Å². The van der Waals surface area contributed by atoms with Crippen LogP contribution in [-0.4, -0.2) is 10.7 Å². The Bertz CT molecular complexity index is 385. The molecule has 1 aliphatic carbocycles. The largest absolute Gasteiger partial charge is 0.389 e. The van der Waals surface area contributed by atoms with Crippen LogP contribution in [0.4, 0.5) is 0 Å². The third-order valence-corrected chi connectivity index (χ3v) is 4.47. The standard InChI is InChI=1S/C16H24O/c1-12-8-9-14(3)16(17,10-12)11-15-7-5-4-6-13(15)2/h4-7,12,14,17H,8-11H2,1-3H3. The first-order chi connectivity index (χ1) is 8.01. The molecule has 1 nitrogen and oxygen atoms in total. The highest BCUT2D eigenvalue weighted by Crippen LogP contribution is 2.39. The fourth-order valence-corrected chi connectivity index (χ4v) is 3.09. The van der Waals surface area contributed by atoms with E-state index in [0.717, 1.165) is 19.3 Å². The monoisotopic (exact) mass is 232 g/mol. The Morgan fingerprint density at radius 2 is 1.94 bits per heavy atom. The van der Waals surface area contributed by atoms with Gasteiger partial charge in [0.1, 0.15) is 0 Å². The first kappa shape index (κ1) is 12.6. The molecule has 1 N–H and O–H groups in total. The molecule has 2 rings (SSSR count). The summed E-state index contributed by atoms with van der Waals surface area (Å²) < 4.78 is 0. The highest BCUT2D eigenvalue weighted by molar-refractivity contribution is 5.27. The Kier molecular flexibility index (Phi) is 3.58. The molecule has 17 heavy (non-hydrogen) atoms. The lowest BCUT2D eigenvalue weighted by molar-refractivity contribution is -0.0561. The molecule has 0 heterocycles. The third-order valence-electron chi connectivity index (χ3n) is 4.47. The molecule has 0 saturated heterocycles. The molecule has 0 bridgehead atoms. The Morgan fingerprint density at radius 1 is 1.24 bits per heavy atom. The van der Waals surface area contributed by atoms with E-state index < -0.39 is 5.60 Å². The van der Waals surface area contributed by atoms with Gasteiger partial charge >= 0.3 is 0 Å². The second-order valence-corrected chi connectivity index (χ2v) is 5.99. The molecule has 0 aliphatic heterocycles. The van der Waals surface area contributed by atoms with Gasteiger partial charge in [0.2, 0.25) is 0 Å². The molecule has 0 aromatic heterocycles. The predicted octanol–water partition coefficient (Wildman–Crippen LogP) is 3.72. The van der Waals surface area contributed by atoms with Gasteiger partial charge in [-0.1, -0.05) is 44.5 Å². The van der Waals surface area contributed by atoms with E-state index in [-0.39, 0.29) is 0 Å². The van der Waals surface area contributed by atoms with E-state index in [2.05, 4.69) is 45.0 Å². The van der Waals surface area contributed by atoms with Crippen LogP contribution in [0.25, 0.3) is 0 Å². The van der Waals surface area contributed by atoms with Crippen molar-refractivity contribution in [3.8, 4) is 0 Å². The Balaban J connectivity index is 2.18. The van der Waals surface area contributed by atoms with Crippen LogP contribution in [-0.2, 0) is 6.42 Å². The predicted molar refractivity (Wildman–Crippen MR) is 72.0 cm³/mol. The fourth-order valence-electron chi connectivity index (χ4n) is 3.09. The summed E-state index contributed by atoms with van der Waals surface area (Å²) in [4.78, 5) is 0. The maximum atomic E-state index is 10.9. The Morgan fingerprint density at radius 3 is 2.65 bits per heavy atom. The van der Waals surface area contributed by atoms with Gasteiger partial charge in [-0.25, -0.2) is 0 Å². The van der Waals surface area contributed by atoms with Crippen molar-refractivity contribution in [2.75, 3.05) is 0 Å². The minimum atomic E-state index is -0.496. The minimum absolute atomic E-state index is 0.415. The molecule has 1 aromatic carbocycles. The van der Waals surface area contributed by atoms with Crippen LogP contribution in [0.15, 0.2) is 24.3 Å². The van der Waals surface area contributed by atoms with Crippen molar-refractivity contribution in [3.05, 3.63) is 35.4 Å². The van der Waals surface area contributed by atoms with E-state index in [9.17, 15) is 5.11 Å². The van der Waals surface area contributed by atoms with Gasteiger partial charge in [-0.2, -0.15) is 0 Å². The molecule has 0 radical (unpaired) electrons. The van der Waals surface area contributed by atoms with Gasteiger partial charge in [-0.05, 0) is 42.7 Å². The summed E-state index contributed by atoms with van der Waals surface area (Å²) in [6.45, 7) is 6.59. The van der Waals surface area contributed by atoms with E-state index in [1.165, 1.54) is 17.5 Å².